The number of sulfonamides is 1. The van der Waals surface area contributed by atoms with Gasteiger partial charge in [0.05, 0.1) is 12.8 Å². The second-order valence-corrected chi connectivity index (χ2v) is 7.87. The number of nitrogens with two attached hydrogens (primary N) is 1. The molecule has 1 aromatic heterocycles. The summed E-state index contributed by atoms with van der Waals surface area (Å²) in [5.41, 5.74) is 5.87. The van der Waals surface area contributed by atoms with E-state index < -0.39 is 10.0 Å². The number of hydrogen-bond acceptors (Lipinski definition) is 5. The number of rotatable bonds is 5. The van der Waals surface area contributed by atoms with Crippen molar-refractivity contribution in [2.75, 3.05) is 11.8 Å². The van der Waals surface area contributed by atoms with Crippen molar-refractivity contribution < 1.29 is 13.2 Å². The first-order valence-corrected chi connectivity index (χ1v) is 8.70. The predicted molar refractivity (Wildman–Crippen MR) is 83.7 cm³/mol. The first-order valence-electron chi connectivity index (χ1n) is 5.61. The highest BCUT2D eigenvalue weighted by atomic mass is 79.9. The van der Waals surface area contributed by atoms with Crippen LogP contribution in [0.15, 0.2) is 39.0 Å². The third-order valence-electron chi connectivity index (χ3n) is 2.51. The molecule has 0 saturated heterocycles. The van der Waals surface area contributed by atoms with Gasteiger partial charge in [-0.1, -0.05) is 15.9 Å². The van der Waals surface area contributed by atoms with Crippen LogP contribution in [0.5, 0.6) is 5.75 Å². The molecule has 0 radical (unpaired) electrons. The highest BCUT2D eigenvalue weighted by Crippen LogP contribution is 2.31. The Balaban J connectivity index is 2.35. The fourth-order valence-electron chi connectivity index (χ4n) is 1.57. The van der Waals surface area contributed by atoms with Crippen LogP contribution in [-0.4, -0.2) is 15.5 Å². The minimum Gasteiger partial charge on any atom is -0.495 e. The van der Waals surface area contributed by atoms with Gasteiger partial charge in [-0.05, 0) is 30.3 Å². The maximum atomic E-state index is 12.3. The lowest BCUT2D eigenvalue weighted by Crippen LogP contribution is -2.12. The molecule has 0 saturated carbocycles. The van der Waals surface area contributed by atoms with Gasteiger partial charge in [-0.2, -0.15) is 0 Å². The standard InChI is InChI=1S/C12H13BrN2O3S2/c1-18-11-4-2-8(13)6-10(11)15-20(16,17)12-5-3-9(7-14)19-12/h2-6,15H,7,14H2,1H3. The average Bonchev–Trinajstić information content (AvgIpc) is 2.88. The summed E-state index contributed by atoms with van der Waals surface area (Å²) in [4.78, 5) is 0.812. The van der Waals surface area contributed by atoms with Gasteiger partial charge in [0.25, 0.3) is 10.0 Å². The Labute approximate surface area is 129 Å². The van der Waals surface area contributed by atoms with Gasteiger partial charge >= 0.3 is 0 Å². The van der Waals surface area contributed by atoms with Crippen LogP contribution in [-0.2, 0) is 16.6 Å². The lowest BCUT2D eigenvalue weighted by atomic mass is 10.3. The van der Waals surface area contributed by atoms with Crippen LogP contribution in [0.3, 0.4) is 0 Å². The SMILES string of the molecule is COc1ccc(Br)cc1NS(=O)(=O)c1ccc(CN)s1. The fraction of sp³-hybridized carbons (Fsp3) is 0.167. The molecule has 0 aliphatic heterocycles. The highest BCUT2D eigenvalue weighted by Gasteiger charge is 2.18. The number of hydrogen-bond donors (Lipinski definition) is 2. The number of benzene rings is 1. The minimum absolute atomic E-state index is 0.222. The van der Waals surface area contributed by atoms with Crippen molar-refractivity contribution in [2.45, 2.75) is 10.8 Å². The molecule has 1 aromatic carbocycles. The summed E-state index contributed by atoms with van der Waals surface area (Å²) in [6, 6.07) is 8.35. The number of halogens is 1. The van der Waals surface area contributed by atoms with E-state index in [1.165, 1.54) is 7.11 Å². The van der Waals surface area contributed by atoms with Crippen LogP contribution < -0.4 is 15.2 Å². The number of nitrogens with one attached hydrogen (secondary N) is 1. The van der Waals surface area contributed by atoms with E-state index in [0.717, 1.165) is 20.7 Å². The summed E-state index contributed by atoms with van der Waals surface area (Å²) in [7, 11) is -2.15. The summed E-state index contributed by atoms with van der Waals surface area (Å²) in [6.45, 7) is 0.320. The van der Waals surface area contributed by atoms with E-state index in [-0.39, 0.29) is 4.21 Å². The number of thiophene rings is 1. The maximum Gasteiger partial charge on any atom is 0.271 e. The Bertz CT molecular complexity index is 713. The Morgan fingerprint density at radius 3 is 2.70 bits per heavy atom. The van der Waals surface area contributed by atoms with Crippen molar-refractivity contribution in [3.63, 3.8) is 0 Å². The van der Waals surface area contributed by atoms with Crippen LogP contribution in [0.1, 0.15) is 4.88 Å². The van der Waals surface area contributed by atoms with Crippen molar-refractivity contribution >= 4 is 43.0 Å². The first kappa shape index (κ1) is 15.3. The van der Waals surface area contributed by atoms with E-state index in [1.54, 1.807) is 30.3 Å². The minimum atomic E-state index is -3.64. The van der Waals surface area contributed by atoms with Gasteiger partial charge in [-0.15, -0.1) is 11.3 Å². The van der Waals surface area contributed by atoms with Crippen molar-refractivity contribution in [2.24, 2.45) is 5.73 Å². The molecule has 0 spiro atoms. The summed E-state index contributed by atoms with van der Waals surface area (Å²) < 4.78 is 33.2. The molecule has 0 amide bonds. The van der Waals surface area contributed by atoms with E-state index in [9.17, 15) is 8.42 Å². The monoisotopic (exact) mass is 376 g/mol. The third kappa shape index (κ3) is 3.32. The van der Waals surface area contributed by atoms with Gasteiger partial charge < -0.3 is 10.5 Å². The summed E-state index contributed by atoms with van der Waals surface area (Å²) in [6.07, 6.45) is 0. The second-order valence-electron chi connectivity index (χ2n) is 3.87. The fourth-order valence-corrected chi connectivity index (χ4v) is 4.22. The van der Waals surface area contributed by atoms with Crippen LogP contribution in [0, 0.1) is 0 Å². The summed E-state index contributed by atoms with van der Waals surface area (Å²) in [5, 5.41) is 0. The molecule has 20 heavy (non-hydrogen) atoms. The Morgan fingerprint density at radius 2 is 2.10 bits per heavy atom. The zero-order valence-electron chi connectivity index (χ0n) is 10.6. The van der Waals surface area contributed by atoms with E-state index in [2.05, 4.69) is 20.7 Å². The van der Waals surface area contributed by atoms with Gasteiger partial charge in [-0.3, -0.25) is 4.72 Å². The Morgan fingerprint density at radius 1 is 1.35 bits per heavy atom. The van der Waals surface area contributed by atoms with E-state index in [4.69, 9.17) is 10.5 Å². The highest BCUT2D eigenvalue weighted by molar-refractivity contribution is 9.10. The van der Waals surface area contributed by atoms with Gasteiger partial charge in [0.1, 0.15) is 9.96 Å². The number of anilines is 1. The van der Waals surface area contributed by atoms with Crippen molar-refractivity contribution in [3.8, 4) is 5.75 Å². The number of ether oxygens (including phenoxy) is 1. The largest absolute Gasteiger partial charge is 0.495 e. The molecule has 0 bridgehead atoms. The molecule has 0 aliphatic carbocycles. The van der Waals surface area contributed by atoms with E-state index in [1.807, 2.05) is 0 Å². The normalized spacial score (nSPS) is 11.3. The molecular formula is C12H13BrN2O3S2. The van der Waals surface area contributed by atoms with Gasteiger partial charge in [0.15, 0.2) is 0 Å². The molecule has 0 aliphatic rings. The van der Waals surface area contributed by atoms with Crippen LogP contribution in [0.4, 0.5) is 5.69 Å². The van der Waals surface area contributed by atoms with E-state index >= 15 is 0 Å². The molecule has 108 valence electrons. The van der Waals surface area contributed by atoms with E-state index in [0.29, 0.717) is 18.0 Å². The zero-order chi connectivity index (χ0) is 14.8. The lowest BCUT2D eigenvalue weighted by Gasteiger charge is -2.11. The molecule has 2 rings (SSSR count). The van der Waals surface area contributed by atoms with Crippen molar-refractivity contribution in [1.82, 2.24) is 0 Å². The van der Waals surface area contributed by atoms with Crippen molar-refractivity contribution in [1.29, 1.82) is 0 Å². The molecule has 5 nitrogen and oxygen atoms in total. The molecule has 8 heteroatoms. The molecule has 1 heterocycles. The van der Waals surface area contributed by atoms with Crippen LogP contribution >= 0.6 is 27.3 Å². The molecular weight excluding hydrogens is 364 g/mol. The van der Waals surface area contributed by atoms with Gasteiger partial charge in [0.2, 0.25) is 0 Å². The quantitative estimate of drug-likeness (QED) is 0.840. The summed E-state index contributed by atoms with van der Waals surface area (Å²) >= 11 is 4.45. The van der Waals surface area contributed by atoms with Crippen molar-refractivity contribution in [3.05, 3.63) is 39.7 Å². The smallest absolute Gasteiger partial charge is 0.271 e. The molecule has 0 atom stereocenters. The zero-order valence-corrected chi connectivity index (χ0v) is 13.8. The molecule has 0 fully saturated rings. The topological polar surface area (TPSA) is 81.4 Å². The second kappa shape index (κ2) is 6.13. The third-order valence-corrected chi connectivity index (χ3v) is 5.97. The maximum absolute atomic E-state index is 12.3. The predicted octanol–water partition coefficient (Wildman–Crippen LogP) is 2.78. The Kier molecular flexibility index (Phi) is 4.69. The lowest BCUT2D eigenvalue weighted by molar-refractivity contribution is 0.417. The van der Waals surface area contributed by atoms with Gasteiger partial charge in [0, 0.05) is 15.9 Å². The molecule has 0 unspecified atom stereocenters. The molecule has 3 N–H and O–H groups in total. The van der Waals surface area contributed by atoms with Crippen LogP contribution in [0.25, 0.3) is 0 Å². The number of methoxy groups -OCH3 is 1. The average molecular weight is 377 g/mol. The van der Waals surface area contributed by atoms with Crippen LogP contribution in [0.2, 0.25) is 0 Å². The van der Waals surface area contributed by atoms with Gasteiger partial charge in [-0.25, -0.2) is 8.42 Å². The Hall–Kier alpha value is -1.09. The summed E-state index contributed by atoms with van der Waals surface area (Å²) in [5.74, 6) is 0.451. The first-order chi connectivity index (χ1) is 9.46. The molecule has 2 aromatic rings.